The smallest absolute Gasteiger partial charge is 0.243 e. The number of benzene rings is 2. The van der Waals surface area contributed by atoms with E-state index in [4.69, 9.17) is 14.7 Å². The van der Waals surface area contributed by atoms with Crippen LogP contribution in [0.25, 0.3) is 0 Å². The summed E-state index contributed by atoms with van der Waals surface area (Å²) in [5.74, 6) is -0.572. The first-order valence-corrected chi connectivity index (χ1v) is 15.6. The van der Waals surface area contributed by atoms with Gasteiger partial charge in [-0.15, -0.1) is 0 Å². The van der Waals surface area contributed by atoms with E-state index >= 15 is 0 Å². The molecule has 3 aliphatic rings. The number of nitrogens with one attached hydrogen (secondary N) is 2. The van der Waals surface area contributed by atoms with E-state index in [9.17, 15) is 14.7 Å². The van der Waals surface area contributed by atoms with Gasteiger partial charge in [0.05, 0.1) is 18.8 Å². The number of amides is 2. The van der Waals surface area contributed by atoms with Crippen LogP contribution in [0.4, 0.5) is 5.69 Å². The Morgan fingerprint density at radius 2 is 1.60 bits per heavy atom. The molecule has 2 saturated heterocycles. The normalized spacial score (nSPS) is 28.4. The molecule has 3 fully saturated rings. The molecule has 5 atom stereocenters. The Morgan fingerprint density at radius 3 is 2.28 bits per heavy atom. The highest BCUT2D eigenvalue weighted by atomic mass is 16.7. The Balaban J connectivity index is 1.25. The highest BCUT2D eigenvalue weighted by molar-refractivity contribution is 5.90. The van der Waals surface area contributed by atoms with Gasteiger partial charge in [-0.2, -0.15) is 0 Å². The molecule has 5 rings (SSSR count). The minimum atomic E-state index is -0.544. The predicted octanol–water partition coefficient (Wildman–Crippen LogP) is 5.63. The molecule has 2 heterocycles. The molecular weight excluding hydrogens is 546 g/mol. The highest BCUT2D eigenvalue weighted by Crippen LogP contribution is 2.53. The van der Waals surface area contributed by atoms with Crippen LogP contribution in [0.15, 0.2) is 48.5 Å². The number of anilines is 1. The Morgan fingerprint density at radius 1 is 0.930 bits per heavy atom. The predicted molar refractivity (Wildman–Crippen MR) is 163 cm³/mol. The molecule has 2 unspecified atom stereocenters. The van der Waals surface area contributed by atoms with Crippen LogP contribution in [-0.4, -0.2) is 52.3 Å². The molecule has 43 heavy (non-hydrogen) atoms. The lowest BCUT2D eigenvalue weighted by atomic mass is 9.65. The fourth-order valence-corrected chi connectivity index (χ4v) is 7.66. The summed E-state index contributed by atoms with van der Waals surface area (Å²) in [6.07, 6.45) is 5.35. The van der Waals surface area contributed by atoms with Crippen LogP contribution in [0.1, 0.15) is 101 Å². The molecule has 1 saturated carbocycles. The third kappa shape index (κ3) is 8.22. The van der Waals surface area contributed by atoms with Crippen molar-refractivity contribution in [1.82, 2.24) is 10.4 Å². The number of likely N-dealkylation sites (tertiary alicyclic amines) is 1. The van der Waals surface area contributed by atoms with E-state index < -0.39 is 12.2 Å². The minimum absolute atomic E-state index is 0.000347. The van der Waals surface area contributed by atoms with E-state index in [1.807, 2.05) is 48.5 Å². The van der Waals surface area contributed by atoms with Gasteiger partial charge in [-0.3, -0.25) is 19.7 Å². The summed E-state index contributed by atoms with van der Waals surface area (Å²) >= 11 is 0. The van der Waals surface area contributed by atoms with Crippen molar-refractivity contribution in [2.45, 2.75) is 103 Å². The Labute approximate surface area is 254 Å². The number of unbranched alkanes of at least 4 members (excludes halogenated alkanes) is 1. The number of hydrogen-bond donors (Lipinski definition) is 4. The van der Waals surface area contributed by atoms with Gasteiger partial charge in [-0.05, 0) is 66.2 Å². The largest absolute Gasteiger partial charge is 0.392 e. The van der Waals surface area contributed by atoms with Crippen LogP contribution in [-0.2, 0) is 25.7 Å². The molecule has 2 amide bonds. The number of aliphatic hydroxyl groups is 1. The van der Waals surface area contributed by atoms with Crippen molar-refractivity contribution >= 4 is 17.5 Å². The van der Waals surface area contributed by atoms with E-state index in [2.05, 4.69) is 31.0 Å². The van der Waals surface area contributed by atoms with Crippen LogP contribution in [0.5, 0.6) is 0 Å². The van der Waals surface area contributed by atoms with Crippen molar-refractivity contribution in [2.24, 2.45) is 10.8 Å². The first-order valence-electron chi connectivity index (χ1n) is 15.6. The van der Waals surface area contributed by atoms with Gasteiger partial charge in [-0.25, -0.2) is 5.48 Å². The maximum Gasteiger partial charge on any atom is 0.243 e. The summed E-state index contributed by atoms with van der Waals surface area (Å²) in [7, 11) is 0. The van der Waals surface area contributed by atoms with E-state index in [0.29, 0.717) is 41.8 Å². The van der Waals surface area contributed by atoms with Gasteiger partial charge >= 0.3 is 0 Å². The lowest BCUT2D eigenvalue weighted by Crippen LogP contribution is -2.42. The number of carbonyl (C=O) groups is 2. The number of carbonyl (C=O) groups excluding carboxylic acids is 2. The van der Waals surface area contributed by atoms with Crippen LogP contribution in [0.2, 0.25) is 0 Å². The average Bonchev–Trinajstić information content (AvgIpc) is 3.22. The Hall–Kier alpha value is -2.82. The molecule has 234 valence electrons. The van der Waals surface area contributed by atoms with Gasteiger partial charge in [0.25, 0.3) is 0 Å². The third-order valence-corrected chi connectivity index (χ3v) is 9.23. The van der Waals surface area contributed by atoms with Crippen LogP contribution < -0.4 is 10.8 Å². The van der Waals surface area contributed by atoms with Crippen molar-refractivity contribution in [3.63, 3.8) is 0 Å². The van der Waals surface area contributed by atoms with Crippen LogP contribution in [0.3, 0.4) is 0 Å². The molecule has 0 radical (unpaired) electrons. The SMILES string of the molecule is CC1(C)CC2CC(C)(CN2C[C@@H]2C[C@H](c3ccc(CO)cc3)O[C@H](c3ccc(NC(=O)CCCCC(=O)NO)cc3)O2)C1. The average molecular weight is 594 g/mol. The van der Waals surface area contributed by atoms with Gasteiger partial charge < -0.3 is 19.9 Å². The first kappa shape index (κ1) is 31.6. The van der Waals surface area contributed by atoms with Crippen LogP contribution in [0, 0.1) is 10.8 Å². The molecule has 2 aromatic rings. The molecule has 9 nitrogen and oxygen atoms in total. The number of rotatable bonds is 11. The zero-order valence-electron chi connectivity index (χ0n) is 25.7. The van der Waals surface area contributed by atoms with Gasteiger partial charge in [0.2, 0.25) is 11.8 Å². The first-order chi connectivity index (χ1) is 20.5. The van der Waals surface area contributed by atoms with E-state index in [-0.39, 0.29) is 31.1 Å². The van der Waals surface area contributed by atoms with Crippen LogP contribution >= 0.6 is 0 Å². The Bertz CT molecular complexity index is 1250. The second-order valence-corrected chi connectivity index (χ2v) is 13.9. The van der Waals surface area contributed by atoms with Gasteiger partial charge in [0, 0.05) is 49.6 Å². The minimum Gasteiger partial charge on any atom is -0.392 e. The molecule has 9 heteroatoms. The lowest BCUT2D eigenvalue weighted by Gasteiger charge is -2.41. The van der Waals surface area contributed by atoms with E-state index in [1.165, 1.54) is 19.3 Å². The second kappa shape index (κ2) is 13.4. The number of aliphatic hydroxyl groups excluding tert-OH is 1. The topological polar surface area (TPSA) is 120 Å². The summed E-state index contributed by atoms with van der Waals surface area (Å²) < 4.78 is 13.2. The van der Waals surface area contributed by atoms with Crippen molar-refractivity contribution < 1.29 is 29.4 Å². The summed E-state index contributed by atoms with van der Waals surface area (Å²) in [6, 6.07) is 16.1. The molecule has 2 aliphatic heterocycles. The van der Waals surface area contributed by atoms with Crippen molar-refractivity contribution in [2.75, 3.05) is 18.4 Å². The van der Waals surface area contributed by atoms with E-state index in [1.54, 1.807) is 5.48 Å². The lowest BCUT2D eigenvalue weighted by molar-refractivity contribution is -0.253. The standard InChI is InChI=1S/C34H47N3O6/c1-33(2)17-27-18-34(3,21-33)22-37(27)19-28-16-29(24-10-8-23(20-38)9-11-24)43-32(42-28)25-12-14-26(15-13-25)35-30(39)6-4-5-7-31(40)36-41/h8-15,27-29,32,38,41H,4-7,16-22H2,1-3H3,(H,35,39)(H,36,40)/t27?,28-,29+,32+,34?/m0/s1. The number of hydroxylamine groups is 1. The molecule has 0 spiro atoms. The Kier molecular flexibility index (Phi) is 9.88. The number of nitrogens with zero attached hydrogens (tertiary/aromatic N) is 1. The van der Waals surface area contributed by atoms with Crippen molar-refractivity contribution in [3.05, 3.63) is 65.2 Å². The van der Waals surface area contributed by atoms with Gasteiger partial charge in [0.1, 0.15) is 0 Å². The summed E-state index contributed by atoms with van der Waals surface area (Å²) in [5.41, 5.74) is 5.84. The molecule has 4 N–H and O–H groups in total. The van der Waals surface area contributed by atoms with Crippen molar-refractivity contribution in [1.29, 1.82) is 0 Å². The molecular formula is C34H47N3O6. The molecule has 2 bridgehead atoms. The monoisotopic (exact) mass is 593 g/mol. The number of hydrogen-bond acceptors (Lipinski definition) is 7. The third-order valence-electron chi connectivity index (χ3n) is 9.23. The number of ether oxygens (including phenoxy) is 2. The van der Waals surface area contributed by atoms with Crippen molar-refractivity contribution in [3.8, 4) is 0 Å². The zero-order chi connectivity index (χ0) is 30.6. The van der Waals surface area contributed by atoms with Gasteiger partial charge in [0.15, 0.2) is 6.29 Å². The molecule has 2 aromatic carbocycles. The number of fused-ring (bicyclic) bond motifs is 2. The molecule has 1 aliphatic carbocycles. The highest BCUT2D eigenvalue weighted by Gasteiger charge is 2.50. The quantitative estimate of drug-likeness (QED) is 0.151. The van der Waals surface area contributed by atoms with E-state index in [0.717, 1.165) is 36.2 Å². The molecule has 0 aromatic heterocycles. The van der Waals surface area contributed by atoms with Gasteiger partial charge in [-0.1, -0.05) is 57.2 Å². The maximum absolute atomic E-state index is 12.4. The maximum atomic E-state index is 12.4. The fourth-order valence-electron chi connectivity index (χ4n) is 7.66. The zero-order valence-corrected chi connectivity index (χ0v) is 25.7. The second-order valence-electron chi connectivity index (χ2n) is 13.9. The summed E-state index contributed by atoms with van der Waals surface area (Å²) in [4.78, 5) is 26.2. The summed E-state index contributed by atoms with van der Waals surface area (Å²) in [6.45, 7) is 9.23. The summed E-state index contributed by atoms with van der Waals surface area (Å²) in [5, 5.41) is 21.0. The fraction of sp³-hybridized carbons (Fsp3) is 0.588.